The Labute approximate surface area is 192 Å². The van der Waals surface area contributed by atoms with E-state index >= 15 is 0 Å². The standard InChI is InChI=1S/C21H22N4O5S2/c1-13-19(20(28)25(24(13)2)14-7-5-4-6-8-14)23-17(27)12-31-11-16(26)22-18-10-9-15(32-18)21(29)30-3/h4-10H,11-12H2,1-3H3,(H,22,26)(H,23,27). The number of amides is 2. The fraction of sp³-hybridized carbons (Fsp3) is 0.238. The molecule has 2 aromatic heterocycles. The Hall–Kier alpha value is -3.31. The number of para-hydroxylation sites is 1. The molecule has 0 radical (unpaired) electrons. The molecule has 168 valence electrons. The van der Waals surface area contributed by atoms with Crippen LogP contribution in [-0.2, 0) is 21.4 Å². The van der Waals surface area contributed by atoms with Crippen LogP contribution in [0, 0.1) is 6.92 Å². The molecule has 0 unspecified atom stereocenters. The molecule has 0 spiro atoms. The van der Waals surface area contributed by atoms with E-state index in [1.807, 2.05) is 30.3 Å². The summed E-state index contributed by atoms with van der Waals surface area (Å²) in [5.74, 6) is -1.10. The lowest BCUT2D eigenvalue weighted by molar-refractivity contribution is -0.114. The number of nitrogens with zero attached hydrogens (tertiary/aromatic N) is 2. The number of thioether (sulfide) groups is 1. The first-order valence-electron chi connectivity index (χ1n) is 9.51. The SMILES string of the molecule is COC(=O)c1ccc(NC(=O)CSCC(=O)Nc2c(C)n(C)n(-c3ccccc3)c2=O)s1. The minimum Gasteiger partial charge on any atom is -0.465 e. The third-order valence-corrected chi connectivity index (χ3v) is 6.45. The Morgan fingerprint density at radius 3 is 2.34 bits per heavy atom. The van der Waals surface area contributed by atoms with Gasteiger partial charge in [-0.15, -0.1) is 23.1 Å². The van der Waals surface area contributed by atoms with E-state index in [0.29, 0.717) is 21.3 Å². The first-order valence-corrected chi connectivity index (χ1v) is 11.5. The molecule has 0 aliphatic heterocycles. The molecule has 0 bridgehead atoms. The smallest absolute Gasteiger partial charge is 0.348 e. The van der Waals surface area contributed by atoms with E-state index in [2.05, 4.69) is 15.4 Å². The lowest BCUT2D eigenvalue weighted by Gasteiger charge is -2.07. The number of carbonyl (C=O) groups is 3. The van der Waals surface area contributed by atoms with Crippen molar-refractivity contribution in [2.75, 3.05) is 29.2 Å². The molecule has 0 aliphatic rings. The van der Waals surface area contributed by atoms with Gasteiger partial charge in [-0.05, 0) is 31.2 Å². The van der Waals surface area contributed by atoms with Gasteiger partial charge in [0.1, 0.15) is 10.6 Å². The third-order valence-electron chi connectivity index (χ3n) is 4.54. The number of benzene rings is 1. The van der Waals surface area contributed by atoms with Crippen molar-refractivity contribution in [3.63, 3.8) is 0 Å². The molecule has 1 aromatic carbocycles. The van der Waals surface area contributed by atoms with Crippen LogP contribution in [0.2, 0.25) is 0 Å². The quantitative estimate of drug-likeness (QED) is 0.486. The van der Waals surface area contributed by atoms with Crippen molar-refractivity contribution in [2.24, 2.45) is 7.05 Å². The Bertz CT molecular complexity index is 1200. The van der Waals surface area contributed by atoms with Crippen LogP contribution >= 0.6 is 23.1 Å². The maximum absolute atomic E-state index is 12.8. The van der Waals surface area contributed by atoms with Gasteiger partial charge < -0.3 is 15.4 Å². The Morgan fingerprint density at radius 2 is 1.69 bits per heavy atom. The summed E-state index contributed by atoms with van der Waals surface area (Å²) in [6.45, 7) is 1.75. The number of rotatable bonds is 8. The number of carbonyl (C=O) groups excluding carboxylic acids is 3. The van der Waals surface area contributed by atoms with Crippen molar-refractivity contribution in [3.8, 4) is 5.69 Å². The van der Waals surface area contributed by atoms with Crippen LogP contribution in [0.25, 0.3) is 5.69 Å². The fourth-order valence-corrected chi connectivity index (χ4v) is 4.37. The number of thiophene rings is 1. The number of methoxy groups -OCH3 is 1. The molecule has 0 atom stereocenters. The lowest BCUT2D eigenvalue weighted by Crippen LogP contribution is -2.24. The zero-order valence-corrected chi connectivity index (χ0v) is 19.3. The minimum absolute atomic E-state index is 0.00435. The second-order valence-corrected chi connectivity index (χ2v) is 8.75. The second kappa shape index (κ2) is 10.3. The highest BCUT2D eigenvalue weighted by atomic mass is 32.2. The number of anilines is 2. The zero-order valence-electron chi connectivity index (χ0n) is 17.7. The van der Waals surface area contributed by atoms with Crippen LogP contribution < -0.4 is 16.2 Å². The molecular weight excluding hydrogens is 452 g/mol. The Balaban J connectivity index is 1.54. The highest BCUT2D eigenvalue weighted by Gasteiger charge is 2.18. The van der Waals surface area contributed by atoms with Crippen molar-refractivity contribution < 1.29 is 19.1 Å². The first-order chi connectivity index (χ1) is 15.3. The van der Waals surface area contributed by atoms with Crippen LogP contribution in [0.4, 0.5) is 10.7 Å². The van der Waals surface area contributed by atoms with E-state index in [4.69, 9.17) is 0 Å². The number of esters is 1. The second-order valence-electron chi connectivity index (χ2n) is 6.68. The summed E-state index contributed by atoms with van der Waals surface area (Å²) in [7, 11) is 3.03. The van der Waals surface area contributed by atoms with Crippen molar-refractivity contribution in [3.05, 3.63) is 63.4 Å². The molecule has 2 amide bonds. The number of nitrogens with one attached hydrogen (secondary N) is 2. The molecule has 3 aromatic rings. The highest BCUT2D eigenvalue weighted by molar-refractivity contribution is 8.00. The van der Waals surface area contributed by atoms with E-state index in [1.165, 1.54) is 11.8 Å². The first kappa shape index (κ1) is 23.4. The number of aromatic nitrogens is 2. The van der Waals surface area contributed by atoms with Crippen molar-refractivity contribution >= 4 is 51.6 Å². The van der Waals surface area contributed by atoms with Gasteiger partial charge in [0.05, 0.1) is 35.0 Å². The maximum Gasteiger partial charge on any atom is 0.348 e. The Morgan fingerprint density at radius 1 is 1.03 bits per heavy atom. The normalized spacial score (nSPS) is 10.6. The minimum atomic E-state index is -0.468. The molecule has 0 aliphatic carbocycles. The monoisotopic (exact) mass is 474 g/mol. The summed E-state index contributed by atoms with van der Waals surface area (Å²) < 4.78 is 7.79. The summed E-state index contributed by atoms with van der Waals surface area (Å²) in [4.78, 5) is 49.1. The number of hydrogen-bond acceptors (Lipinski definition) is 7. The molecule has 2 N–H and O–H groups in total. The van der Waals surface area contributed by atoms with E-state index in [-0.39, 0.29) is 34.6 Å². The van der Waals surface area contributed by atoms with Crippen LogP contribution in [0.3, 0.4) is 0 Å². The molecular formula is C21H22N4O5S2. The molecule has 0 saturated carbocycles. The van der Waals surface area contributed by atoms with E-state index in [1.54, 1.807) is 30.8 Å². The molecule has 0 saturated heterocycles. The average Bonchev–Trinajstić information content (AvgIpc) is 3.32. The Kier molecular flexibility index (Phi) is 7.54. The van der Waals surface area contributed by atoms with E-state index in [9.17, 15) is 19.2 Å². The summed E-state index contributed by atoms with van der Waals surface area (Å²) in [6.07, 6.45) is 0. The predicted octanol–water partition coefficient (Wildman–Crippen LogP) is 2.64. The van der Waals surface area contributed by atoms with Gasteiger partial charge >= 0.3 is 5.97 Å². The molecule has 32 heavy (non-hydrogen) atoms. The molecule has 3 rings (SSSR count). The van der Waals surface area contributed by atoms with Crippen LogP contribution in [0.1, 0.15) is 15.4 Å². The molecule has 11 heteroatoms. The van der Waals surface area contributed by atoms with E-state index < -0.39 is 5.97 Å². The van der Waals surface area contributed by atoms with Crippen LogP contribution in [-0.4, -0.2) is 45.8 Å². The lowest BCUT2D eigenvalue weighted by atomic mass is 10.3. The summed E-state index contributed by atoms with van der Waals surface area (Å²) in [5.41, 5.74) is 1.19. The molecule has 2 heterocycles. The number of hydrogen-bond donors (Lipinski definition) is 2. The largest absolute Gasteiger partial charge is 0.465 e. The van der Waals surface area contributed by atoms with Crippen LogP contribution in [0.15, 0.2) is 47.3 Å². The summed E-state index contributed by atoms with van der Waals surface area (Å²) in [5, 5.41) is 5.85. The van der Waals surface area contributed by atoms with Crippen molar-refractivity contribution in [1.29, 1.82) is 0 Å². The van der Waals surface area contributed by atoms with Gasteiger partial charge in [-0.3, -0.25) is 19.1 Å². The van der Waals surface area contributed by atoms with Gasteiger partial charge in [-0.1, -0.05) is 18.2 Å². The van der Waals surface area contributed by atoms with Crippen molar-refractivity contribution in [2.45, 2.75) is 6.92 Å². The van der Waals surface area contributed by atoms with Gasteiger partial charge in [0, 0.05) is 7.05 Å². The highest BCUT2D eigenvalue weighted by Crippen LogP contribution is 2.22. The van der Waals surface area contributed by atoms with Crippen molar-refractivity contribution in [1.82, 2.24) is 9.36 Å². The fourth-order valence-electron chi connectivity index (χ4n) is 2.91. The average molecular weight is 475 g/mol. The van der Waals surface area contributed by atoms with Gasteiger partial charge in [-0.25, -0.2) is 9.48 Å². The molecule has 9 nitrogen and oxygen atoms in total. The molecule has 0 fully saturated rings. The zero-order chi connectivity index (χ0) is 23.3. The topological polar surface area (TPSA) is 111 Å². The van der Waals surface area contributed by atoms with Gasteiger partial charge in [0.2, 0.25) is 11.8 Å². The van der Waals surface area contributed by atoms with Crippen LogP contribution in [0.5, 0.6) is 0 Å². The third kappa shape index (κ3) is 5.29. The summed E-state index contributed by atoms with van der Waals surface area (Å²) >= 11 is 2.22. The van der Waals surface area contributed by atoms with Gasteiger partial charge in [-0.2, -0.15) is 0 Å². The maximum atomic E-state index is 12.8. The summed E-state index contributed by atoms with van der Waals surface area (Å²) in [6, 6.07) is 12.3. The van der Waals surface area contributed by atoms with E-state index in [0.717, 1.165) is 23.1 Å². The van der Waals surface area contributed by atoms with Gasteiger partial charge in [0.25, 0.3) is 5.56 Å². The predicted molar refractivity (Wildman–Crippen MR) is 126 cm³/mol. The van der Waals surface area contributed by atoms with Gasteiger partial charge in [0.15, 0.2) is 0 Å². The number of ether oxygens (including phenoxy) is 1.